The van der Waals surface area contributed by atoms with Crippen LogP contribution in [0.15, 0.2) is 54.6 Å². The van der Waals surface area contributed by atoms with Crippen molar-refractivity contribution in [3.63, 3.8) is 0 Å². The zero-order valence-electron chi connectivity index (χ0n) is 13.5. The lowest BCUT2D eigenvalue weighted by Crippen LogP contribution is -2.37. The molecule has 0 aliphatic carbocycles. The number of para-hydroxylation sites is 1. The minimum atomic E-state index is -0.386. The monoisotopic (exact) mass is 326 g/mol. The number of carbonyl (C=O) groups is 2. The third kappa shape index (κ3) is 3.15. The Balaban J connectivity index is 1.77. The summed E-state index contributed by atoms with van der Waals surface area (Å²) in [7, 11) is 0. The fourth-order valence-electron chi connectivity index (χ4n) is 3.04. The second kappa shape index (κ2) is 6.83. The highest BCUT2D eigenvalue weighted by Gasteiger charge is 2.37. The van der Waals surface area contributed by atoms with Crippen LogP contribution in [0.2, 0.25) is 0 Å². The van der Waals surface area contributed by atoms with Crippen molar-refractivity contribution in [2.24, 2.45) is 5.92 Å². The Morgan fingerprint density at radius 1 is 1.17 bits per heavy atom. The summed E-state index contributed by atoms with van der Waals surface area (Å²) < 4.78 is 13.1. The first-order chi connectivity index (χ1) is 11.6. The van der Waals surface area contributed by atoms with E-state index in [0.717, 1.165) is 5.69 Å². The maximum Gasteiger partial charge on any atom is 0.232 e. The van der Waals surface area contributed by atoms with Crippen LogP contribution in [0.25, 0.3) is 0 Å². The van der Waals surface area contributed by atoms with Gasteiger partial charge in [-0.15, -0.1) is 0 Å². The van der Waals surface area contributed by atoms with E-state index in [-0.39, 0.29) is 30.0 Å². The van der Waals surface area contributed by atoms with E-state index in [1.54, 1.807) is 21.9 Å². The van der Waals surface area contributed by atoms with Gasteiger partial charge in [-0.05, 0) is 43.3 Å². The summed E-state index contributed by atoms with van der Waals surface area (Å²) in [5, 5.41) is 0. The van der Waals surface area contributed by atoms with Gasteiger partial charge in [-0.2, -0.15) is 0 Å². The second-order valence-corrected chi connectivity index (χ2v) is 5.80. The van der Waals surface area contributed by atoms with Gasteiger partial charge >= 0.3 is 0 Å². The summed E-state index contributed by atoms with van der Waals surface area (Å²) >= 11 is 0. The van der Waals surface area contributed by atoms with Crippen LogP contribution in [0.4, 0.5) is 15.8 Å². The fourth-order valence-corrected chi connectivity index (χ4v) is 3.04. The number of hydrogen-bond donors (Lipinski definition) is 0. The van der Waals surface area contributed by atoms with Crippen molar-refractivity contribution < 1.29 is 14.0 Å². The molecule has 5 heteroatoms. The van der Waals surface area contributed by atoms with Gasteiger partial charge in [0.25, 0.3) is 0 Å². The predicted molar refractivity (Wildman–Crippen MR) is 91.3 cm³/mol. The van der Waals surface area contributed by atoms with Crippen molar-refractivity contribution in [3.05, 3.63) is 60.4 Å². The molecule has 2 aromatic carbocycles. The highest BCUT2D eigenvalue weighted by atomic mass is 19.1. The Morgan fingerprint density at radius 2 is 1.83 bits per heavy atom. The third-order valence-corrected chi connectivity index (χ3v) is 4.26. The van der Waals surface area contributed by atoms with Crippen LogP contribution in [0, 0.1) is 11.7 Å². The van der Waals surface area contributed by atoms with Gasteiger partial charge in [0.1, 0.15) is 5.82 Å². The van der Waals surface area contributed by atoms with E-state index in [9.17, 15) is 14.0 Å². The standard InChI is InChI=1S/C19H19FN2O2/c1-2-21(16-6-4-3-5-7-16)19(24)14-12-18(23)22(13-14)17-10-8-15(20)9-11-17/h3-11,14H,2,12-13H2,1H3. The molecule has 0 spiro atoms. The van der Waals surface area contributed by atoms with Crippen molar-refractivity contribution in [3.8, 4) is 0 Å². The van der Waals surface area contributed by atoms with Crippen molar-refractivity contribution in [1.82, 2.24) is 0 Å². The van der Waals surface area contributed by atoms with E-state index in [0.29, 0.717) is 18.8 Å². The predicted octanol–water partition coefficient (Wildman–Crippen LogP) is 3.23. The molecule has 1 fully saturated rings. The van der Waals surface area contributed by atoms with Gasteiger partial charge in [-0.25, -0.2) is 4.39 Å². The number of hydrogen-bond acceptors (Lipinski definition) is 2. The van der Waals surface area contributed by atoms with Gasteiger partial charge in [-0.3, -0.25) is 9.59 Å². The quantitative estimate of drug-likeness (QED) is 0.865. The van der Waals surface area contributed by atoms with Gasteiger partial charge in [0.2, 0.25) is 11.8 Å². The summed E-state index contributed by atoms with van der Waals surface area (Å²) in [6.45, 7) is 2.79. The average molecular weight is 326 g/mol. The first-order valence-corrected chi connectivity index (χ1v) is 8.02. The van der Waals surface area contributed by atoms with Gasteiger partial charge in [0.15, 0.2) is 0 Å². The molecule has 0 aromatic heterocycles. The summed E-state index contributed by atoms with van der Waals surface area (Å²) in [5.74, 6) is -0.896. The fraction of sp³-hybridized carbons (Fsp3) is 0.263. The molecule has 4 nitrogen and oxygen atoms in total. The molecule has 2 amide bonds. The lowest BCUT2D eigenvalue weighted by molar-refractivity contribution is -0.124. The zero-order valence-corrected chi connectivity index (χ0v) is 13.5. The molecule has 0 radical (unpaired) electrons. The topological polar surface area (TPSA) is 40.6 Å². The Labute approximate surface area is 140 Å². The van der Waals surface area contributed by atoms with Crippen molar-refractivity contribution >= 4 is 23.2 Å². The molecular formula is C19H19FN2O2. The van der Waals surface area contributed by atoms with Gasteiger partial charge in [0, 0.05) is 30.9 Å². The lowest BCUT2D eigenvalue weighted by Gasteiger charge is -2.24. The molecule has 3 rings (SSSR count). The molecule has 1 aliphatic rings. The molecule has 0 N–H and O–H groups in total. The van der Waals surface area contributed by atoms with E-state index in [1.165, 1.54) is 12.1 Å². The van der Waals surface area contributed by atoms with Crippen LogP contribution >= 0.6 is 0 Å². The number of rotatable bonds is 4. The molecule has 1 aliphatic heterocycles. The Morgan fingerprint density at radius 3 is 2.46 bits per heavy atom. The van der Waals surface area contributed by atoms with Crippen LogP contribution in [0.5, 0.6) is 0 Å². The number of nitrogens with zero attached hydrogens (tertiary/aromatic N) is 2. The van der Waals surface area contributed by atoms with E-state index < -0.39 is 0 Å². The van der Waals surface area contributed by atoms with Crippen LogP contribution in [-0.2, 0) is 9.59 Å². The molecule has 1 heterocycles. The van der Waals surface area contributed by atoms with Crippen LogP contribution in [0.1, 0.15) is 13.3 Å². The highest BCUT2D eigenvalue weighted by molar-refractivity contribution is 6.04. The Kier molecular flexibility index (Phi) is 4.60. The maximum absolute atomic E-state index is 13.1. The Hall–Kier alpha value is -2.69. The molecule has 2 aromatic rings. The van der Waals surface area contributed by atoms with E-state index >= 15 is 0 Å². The lowest BCUT2D eigenvalue weighted by atomic mass is 10.1. The molecular weight excluding hydrogens is 307 g/mol. The molecule has 1 unspecified atom stereocenters. The van der Waals surface area contributed by atoms with Crippen molar-refractivity contribution in [2.75, 3.05) is 22.9 Å². The highest BCUT2D eigenvalue weighted by Crippen LogP contribution is 2.28. The number of amides is 2. The first-order valence-electron chi connectivity index (χ1n) is 8.02. The molecule has 1 saturated heterocycles. The smallest absolute Gasteiger partial charge is 0.232 e. The van der Waals surface area contributed by atoms with Gasteiger partial charge in [-0.1, -0.05) is 18.2 Å². The number of anilines is 2. The van der Waals surface area contributed by atoms with Crippen LogP contribution in [-0.4, -0.2) is 24.9 Å². The first kappa shape index (κ1) is 16.2. The second-order valence-electron chi connectivity index (χ2n) is 5.80. The van der Waals surface area contributed by atoms with Crippen molar-refractivity contribution in [2.45, 2.75) is 13.3 Å². The molecule has 1 atom stereocenters. The summed E-state index contributed by atoms with van der Waals surface area (Å²) in [6.07, 6.45) is 0.180. The minimum Gasteiger partial charge on any atom is -0.312 e. The Bertz CT molecular complexity index is 731. The largest absolute Gasteiger partial charge is 0.312 e. The maximum atomic E-state index is 13.1. The third-order valence-electron chi connectivity index (χ3n) is 4.26. The van der Waals surface area contributed by atoms with Gasteiger partial charge in [0.05, 0.1) is 5.92 Å². The van der Waals surface area contributed by atoms with E-state index in [1.807, 2.05) is 37.3 Å². The number of carbonyl (C=O) groups excluding carboxylic acids is 2. The molecule has 0 saturated carbocycles. The molecule has 0 bridgehead atoms. The van der Waals surface area contributed by atoms with E-state index in [4.69, 9.17) is 0 Å². The molecule has 124 valence electrons. The zero-order chi connectivity index (χ0) is 17.1. The summed E-state index contributed by atoms with van der Waals surface area (Å²) in [5.41, 5.74) is 1.46. The number of benzene rings is 2. The number of halogens is 1. The minimum absolute atomic E-state index is 0.0540. The van der Waals surface area contributed by atoms with Gasteiger partial charge < -0.3 is 9.80 Å². The van der Waals surface area contributed by atoms with Crippen LogP contribution in [0.3, 0.4) is 0 Å². The average Bonchev–Trinajstić information content (AvgIpc) is 2.99. The summed E-state index contributed by atoms with van der Waals surface area (Å²) in [6, 6.07) is 15.2. The SMILES string of the molecule is CCN(C(=O)C1CC(=O)N(c2ccc(F)cc2)C1)c1ccccc1. The summed E-state index contributed by atoms with van der Waals surface area (Å²) in [4.78, 5) is 28.4. The molecule has 24 heavy (non-hydrogen) atoms. The van der Waals surface area contributed by atoms with E-state index in [2.05, 4.69) is 0 Å². The normalized spacial score (nSPS) is 17.2. The van der Waals surface area contributed by atoms with Crippen LogP contribution < -0.4 is 9.80 Å². The van der Waals surface area contributed by atoms with Crippen molar-refractivity contribution in [1.29, 1.82) is 0 Å².